The molecule has 0 aliphatic rings. The van der Waals surface area contributed by atoms with Gasteiger partial charge in [0, 0.05) is 7.05 Å². The first-order valence-electron chi connectivity index (χ1n) is 7.92. The van der Waals surface area contributed by atoms with E-state index in [0.29, 0.717) is 28.4 Å². The summed E-state index contributed by atoms with van der Waals surface area (Å²) >= 11 is 6.19. The van der Waals surface area contributed by atoms with Gasteiger partial charge >= 0.3 is 0 Å². The third kappa shape index (κ3) is 4.39. The number of nitrogens with one attached hydrogen (secondary N) is 3. The average Bonchev–Trinajstić information content (AvgIpc) is 2.97. The van der Waals surface area contributed by atoms with Gasteiger partial charge in [0.15, 0.2) is 5.82 Å². The second kappa shape index (κ2) is 7.83. The smallest absolute Gasteiger partial charge is 0.248 e. The van der Waals surface area contributed by atoms with E-state index in [2.05, 4.69) is 42.6 Å². The molecule has 0 spiro atoms. The summed E-state index contributed by atoms with van der Waals surface area (Å²) in [7, 11) is 1.85. The lowest BCUT2D eigenvalue weighted by Gasteiger charge is -2.10. The van der Waals surface area contributed by atoms with Crippen molar-refractivity contribution < 1.29 is 4.79 Å². The van der Waals surface area contributed by atoms with Crippen molar-refractivity contribution in [1.82, 2.24) is 24.7 Å². The molecule has 0 aromatic carbocycles. The highest BCUT2D eigenvalue weighted by Gasteiger charge is 2.10. The molecule has 9 nitrogen and oxygen atoms in total. The molecule has 0 unspecified atom stereocenters. The monoisotopic (exact) mass is 384 g/mol. The Morgan fingerprint density at radius 1 is 1.22 bits per heavy atom. The molecule has 0 bridgehead atoms. The molecular weight excluding hydrogens is 368 g/mol. The lowest BCUT2D eigenvalue weighted by Crippen LogP contribution is -2.09. The molecule has 10 heteroatoms. The number of carbonyl (C=O) groups is 1. The minimum absolute atomic E-state index is 0.325. The van der Waals surface area contributed by atoms with Gasteiger partial charge in [0.25, 0.3) is 0 Å². The zero-order chi connectivity index (χ0) is 19.4. The molecule has 0 aliphatic carbocycles. The van der Waals surface area contributed by atoms with E-state index in [9.17, 15) is 4.79 Å². The van der Waals surface area contributed by atoms with Crippen LogP contribution in [0.1, 0.15) is 5.69 Å². The van der Waals surface area contributed by atoms with Gasteiger partial charge in [-0.2, -0.15) is 10.1 Å². The summed E-state index contributed by atoms with van der Waals surface area (Å²) in [4.78, 5) is 24.2. The number of carbonyl (C=O) groups excluding carboxylic acids is 1. The normalized spacial score (nSPS) is 10.3. The van der Waals surface area contributed by atoms with Crippen LogP contribution in [0.25, 0.3) is 0 Å². The van der Waals surface area contributed by atoms with E-state index in [1.165, 1.54) is 12.3 Å². The molecule has 138 valence electrons. The van der Waals surface area contributed by atoms with E-state index in [0.717, 1.165) is 11.4 Å². The highest BCUT2D eigenvalue weighted by molar-refractivity contribution is 6.32. The maximum absolute atomic E-state index is 11.4. The fourth-order valence-corrected chi connectivity index (χ4v) is 2.27. The van der Waals surface area contributed by atoms with E-state index in [1.807, 2.05) is 14.0 Å². The number of hydrogen-bond acceptors (Lipinski definition) is 7. The highest BCUT2D eigenvalue weighted by Crippen LogP contribution is 2.25. The van der Waals surface area contributed by atoms with Gasteiger partial charge in [-0.3, -0.25) is 9.48 Å². The van der Waals surface area contributed by atoms with Gasteiger partial charge in [0.05, 0.1) is 23.8 Å². The summed E-state index contributed by atoms with van der Waals surface area (Å²) in [5.74, 6) is 1.21. The van der Waals surface area contributed by atoms with Crippen LogP contribution in [0.5, 0.6) is 0 Å². The minimum Gasteiger partial charge on any atom is -0.323 e. The van der Waals surface area contributed by atoms with Crippen molar-refractivity contribution in [2.24, 2.45) is 7.05 Å². The number of aryl methyl sites for hydroxylation is 1. The van der Waals surface area contributed by atoms with Crippen molar-refractivity contribution in [3.63, 3.8) is 0 Å². The fourth-order valence-electron chi connectivity index (χ4n) is 2.13. The van der Waals surface area contributed by atoms with Gasteiger partial charge in [-0.05, 0) is 25.1 Å². The van der Waals surface area contributed by atoms with Gasteiger partial charge in [-0.1, -0.05) is 24.2 Å². The third-order valence-electron chi connectivity index (χ3n) is 3.66. The zero-order valence-corrected chi connectivity index (χ0v) is 15.4. The molecule has 0 radical (unpaired) electrons. The van der Waals surface area contributed by atoms with E-state index < -0.39 is 0 Å². The Labute approximate surface area is 160 Å². The molecule has 0 atom stereocenters. The number of amides is 1. The second-order valence-corrected chi connectivity index (χ2v) is 5.92. The first kappa shape index (κ1) is 18.3. The average molecular weight is 385 g/mol. The maximum Gasteiger partial charge on any atom is 0.248 e. The Morgan fingerprint density at radius 3 is 2.70 bits per heavy atom. The van der Waals surface area contributed by atoms with Crippen LogP contribution in [0.3, 0.4) is 0 Å². The van der Waals surface area contributed by atoms with Crippen LogP contribution in [-0.2, 0) is 11.8 Å². The molecule has 3 aromatic heterocycles. The summed E-state index contributed by atoms with van der Waals surface area (Å²) in [6.45, 7) is 5.34. The molecule has 3 rings (SSSR count). The molecule has 1 amide bonds. The number of nitrogens with zero attached hydrogens (tertiary/aromatic N) is 5. The van der Waals surface area contributed by atoms with Gasteiger partial charge in [-0.15, -0.1) is 0 Å². The van der Waals surface area contributed by atoms with E-state index in [-0.39, 0.29) is 5.91 Å². The fraction of sp³-hybridized carbons (Fsp3) is 0.118. The molecule has 3 heterocycles. The van der Waals surface area contributed by atoms with Crippen LogP contribution in [-0.4, -0.2) is 30.6 Å². The molecule has 3 N–H and O–H groups in total. The molecule has 0 aliphatic heterocycles. The van der Waals surface area contributed by atoms with Crippen molar-refractivity contribution >= 4 is 46.6 Å². The van der Waals surface area contributed by atoms with Gasteiger partial charge in [-0.25, -0.2) is 9.97 Å². The second-order valence-electron chi connectivity index (χ2n) is 5.51. The summed E-state index contributed by atoms with van der Waals surface area (Å²) in [5.41, 5.74) is 1.73. The SMILES string of the molecule is C=CC(=O)Nc1cccc(Nc2nc(Nc3cnn(C)c3C)ncc2Cl)n1. The van der Waals surface area contributed by atoms with Crippen LogP contribution < -0.4 is 16.0 Å². The Balaban J connectivity index is 1.81. The largest absolute Gasteiger partial charge is 0.323 e. The first-order chi connectivity index (χ1) is 13.0. The Hall–Kier alpha value is -3.46. The van der Waals surface area contributed by atoms with E-state index in [1.54, 1.807) is 29.1 Å². The first-order valence-corrected chi connectivity index (χ1v) is 8.29. The van der Waals surface area contributed by atoms with Crippen molar-refractivity contribution in [2.75, 3.05) is 16.0 Å². The molecule has 27 heavy (non-hydrogen) atoms. The summed E-state index contributed by atoms with van der Waals surface area (Å²) < 4.78 is 1.74. The highest BCUT2D eigenvalue weighted by atomic mass is 35.5. The molecular formula is C17H17ClN8O. The Bertz CT molecular complexity index is 1000. The van der Waals surface area contributed by atoms with Gasteiger partial charge in [0.1, 0.15) is 16.7 Å². The van der Waals surface area contributed by atoms with Gasteiger partial charge in [0.2, 0.25) is 11.9 Å². The zero-order valence-electron chi connectivity index (χ0n) is 14.7. The topological polar surface area (TPSA) is 110 Å². The molecule has 0 saturated heterocycles. The van der Waals surface area contributed by atoms with Crippen LogP contribution in [0, 0.1) is 6.92 Å². The number of aromatic nitrogens is 5. The summed E-state index contributed by atoms with van der Waals surface area (Å²) in [6.07, 6.45) is 4.34. The third-order valence-corrected chi connectivity index (χ3v) is 3.93. The van der Waals surface area contributed by atoms with Crippen LogP contribution >= 0.6 is 11.6 Å². The Morgan fingerprint density at radius 2 is 2.00 bits per heavy atom. The quantitative estimate of drug-likeness (QED) is 0.560. The van der Waals surface area contributed by atoms with Gasteiger partial charge < -0.3 is 16.0 Å². The predicted octanol–water partition coefficient (Wildman–Crippen LogP) is 3.18. The maximum atomic E-state index is 11.4. The number of pyridine rings is 1. The minimum atomic E-state index is -0.349. The van der Waals surface area contributed by atoms with Crippen molar-refractivity contribution in [1.29, 1.82) is 0 Å². The summed E-state index contributed by atoms with van der Waals surface area (Å²) in [5, 5.41) is 13.2. The molecule has 3 aromatic rings. The standard InChI is InChI=1S/C17H17ClN8O/c1-4-15(27)23-13-6-5-7-14(22-13)24-16-11(18)8-19-17(25-16)21-12-9-20-26(3)10(12)2/h4-9H,1H2,2-3H3,(H3,19,21,22,23,24,25,27). The number of rotatable bonds is 6. The number of hydrogen-bond donors (Lipinski definition) is 3. The van der Waals surface area contributed by atoms with Crippen molar-refractivity contribution in [3.05, 3.63) is 54.0 Å². The van der Waals surface area contributed by atoms with E-state index in [4.69, 9.17) is 11.6 Å². The Kier molecular flexibility index (Phi) is 5.32. The van der Waals surface area contributed by atoms with Crippen LogP contribution in [0.4, 0.5) is 29.1 Å². The lowest BCUT2D eigenvalue weighted by molar-refractivity contribution is -0.111. The lowest BCUT2D eigenvalue weighted by atomic mass is 10.4. The van der Waals surface area contributed by atoms with Crippen LogP contribution in [0.15, 0.2) is 43.2 Å². The molecule has 0 saturated carbocycles. The number of anilines is 5. The van der Waals surface area contributed by atoms with Crippen molar-refractivity contribution in [3.8, 4) is 0 Å². The van der Waals surface area contributed by atoms with Crippen LogP contribution in [0.2, 0.25) is 5.02 Å². The van der Waals surface area contributed by atoms with Crippen molar-refractivity contribution in [2.45, 2.75) is 6.92 Å². The molecule has 0 fully saturated rings. The van der Waals surface area contributed by atoms with E-state index >= 15 is 0 Å². The number of halogens is 1. The summed E-state index contributed by atoms with van der Waals surface area (Å²) in [6, 6.07) is 5.12. The predicted molar refractivity (Wildman–Crippen MR) is 105 cm³/mol.